The van der Waals surface area contributed by atoms with Crippen LogP contribution in [0.15, 0.2) is 12.1 Å². The number of primary amides is 1. The molecule has 0 bridgehead atoms. The molecule has 0 spiro atoms. The van der Waals surface area contributed by atoms with Gasteiger partial charge in [-0.1, -0.05) is 32.4 Å². The van der Waals surface area contributed by atoms with Crippen LogP contribution in [0.2, 0.25) is 5.02 Å². The van der Waals surface area contributed by atoms with Gasteiger partial charge in [-0.3, -0.25) is 4.79 Å². The Hall–Kier alpha value is -1.42. The number of benzene rings is 1. The van der Waals surface area contributed by atoms with Crippen LogP contribution in [0.4, 0.5) is 5.69 Å². The first-order chi connectivity index (χ1) is 9.68. The Balaban J connectivity index is 2.29. The minimum atomic E-state index is -0.581. The SMILES string of the molecule is CC1CC(Oc2c(Cl)cc(N)cc2C(N)=O)CC(C)(C)C1. The Kier molecular flexibility index (Phi) is 4.38. The summed E-state index contributed by atoms with van der Waals surface area (Å²) in [7, 11) is 0. The van der Waals surface area contributed by atoms with Gasteiger partial charge in [0.2, 0.25) is 0 Å². The lowest BCUT2D eigenvalue weighted by atomic mass is 9.71. The summed E-state index contributed by atoms with van der Waals surface area (Å²) in [5, 5.41) is 0.333. The molecule has 0 aromatic heterocycles. The lowest BCUT2D eigenvalue weighted by Gasteiger charge is -2.39. The molecule has 1 aliphatic carbocycles. The second-order valence-corrected chi connectivity index (χ2v) is 7.30. The molecule has 0 aliphatic heterocycles. The van der Waals surface area contributed by atoms with Crippen molar-refractivity contribution in [1.82, 2.24) is 0 Å². The van der Waals surface area contributed by atoms with E-state index in [0.29, 0.717) is 22.4 Å². The first kappa shape index (κ1) is 16.0. The van der Waals surface area contributed by atoms with Crippen LogP contribution in [0.25, 0.3) is 0 Å². The molecule has 4 N–H and O–H groups in total. The zero-order chi connectivity index (χ0) is 15.8. The van der Waals surface area contributed by atoms with Gasteiger partial charge in [0.05, 0.1) is 16.7 Å². The van der Waals surface area contributed by atoms with Crippen LogP contribution in [0.5, 0.6) is 5.75 Å². The van der Waals surface area contributed by atoms with E-state index >= 15 is 0 Å². The van der Waals surface area contributed by atoms with Crippen molar-refractivity contribution >= 4 is 23.2 Å². The summed E-state index contributed by atoms with van der Waals surface area (Å²) in [5.74, 6) is 0.346. The van der Waals surface area contributed by atoms with Crippen LogP contribution in [0.1, 0.15) is 50.4 Å². The van der Waals surface area contributed by atoms with E-state index in [4.69, 9.17) is 27.8 Å². The third-order valence-corrected chi connectivity index (χ3v) is 4.24. The number of ether oxygens (including phenoxy) is 1. The molecule has 1 aromatic carbocycles. The van der Waals surface area contributed by atoms with E-state index < -0.39 is 5.91 Å². The van der Waals surface area contributed by atoms with E-state index in [2.05, 4.69) is 20.8 Å². The molecule has 4 nitrogen and oxygen atoms in total. The monoisotopic (exact) mass is 310 g/mol. The molecular weight excluding hydrogens is 288 g/mol. The predicted octanol–water partition coefficient (Wildman–Crippen LogP) is 3.61. The highest BCUT2D eigenvalue weighted by Gasteiger charge is 2.34. The molecular formula is C16H23ClN2O2. The molecule has 1 amide bonds. The zero-order valence-corrected chi connectivity index (χ0v) is 13.5. The summed E-state index contributed by atoms with van der Waals surface area (Å²) in [5.41, 5.74) is 12.0. The van der Waals surface area contributed by atoms with Crippen molar-refractivity contribution in [3.8, 4) is 5.75 Å². The van der Waals surface area contributed by atoms with Crippen molar-refractivity contribution in [3.05, 3.63) is 22.7 Å². The molecule has 2 unspecified atom stereocenters. The van der Waals surface area contributed by atoms with Crippen molar-refractivity contribution < 1.29 is 9.53 Å². The number of nitrogens with two attached hydrogens (primary N) is 2. The van der Waals surface area contributed by atoms with Crippen LogP contribution in [-0.2, 0) is 0 Å². The largest absolute Gasteiger partial charge is 0.488 e. The van der Waals surface area contributed by atoms with Crippen LogP contribution in [0.3, 0.4) is 0 Å². The number of rotatable bonds is 3. The van der Waals surface area contributed by atoms with Gasteiger partial charge in [0.1, 0.15) is 0 Å². The summed E-state index contributed by atoms with van der Waals surface area (Å²) in [6.45, 7) is 6.69. The summed E-state index contributed by atoms with van der Waals surface area (Å²) >= 11 is 6.19. The molecule has 2 rings (SSSR count). The van der Waals surface area contributed by atoms with Crippen molar-refractivity contribution in [1.29, 1.82) is 0 Å². The van der Waals surface area contributed by atoms with Crippen molar-refractivity contribution in [2.24, 2.45) is 17.1 Å². The molecule has 1 fully saturated rings. The fourth-order valence-electron chi connectivity index (χ4n) is 3.43. The number of nitrogen functional groups attached to an aromatic ring is 1. The third kappa shape index (κ3) is 3.82. The molecule has 0 heterocycles. The third-order valence-electron chi connectivity index (χ3n) is 3.96. The minimum Gasteiger partial charge on any atom is -0.488 e. The fraction of sp³-hybridized carbons (Fsp3) is 0.562. The normalized spacial score (nSPS) is 24.6. The number of hydrogen-bond acceptors (Lipinski definition) is 3. The second-order valence-electron chi connectivity index (χ2n) is 6.90. The van der Waals surface area contributed by atoms with Crippen LogP contribution < -0.4 is 16.2 Å². The van der Waals surface area contributed by atoms with Gasteiger partial charge in [-0.25, -0.2) is 0 Å². The van der Waals surface area contributed by atoms with Gasteiger partial charge in [0.15, 0.2) is 5.75 Å². The summed E-state index contributed by atoms with van der Waals surface area (Å²) in [4.78, 5) is 11.6. The van der Waals surface area contributed by atoms with E-state index in [1.54, 1.807) is 6.07 Å². The number of hydrogen-bond donors (Lipinski definition) is 2. The van der Waals surface area contributed by atoms with Crippen LogP contribution >= 0.6 is 11.6 Å². The van der Waals surface area contributed by atoms with E-state index in [0.717, 1.165) is 12.8 Å². The highest BCUT2D eigenvalue weighted by molar-refractivity contribution is 6.33. The Morgan fingerprint density at radius 3 is 2.62 bits per heavy atom. The standard InChI is InChI=1S/C16H23ClN2O2/c1-9-4-11(8-16(2,3)7-9)21-14-12(15(19)20)5-10(18)6-13(14)17/h5-6,9,11H,4,7-8,18H2,1-3H3,(H2,19,20). The summed E-state index contributed by atoms with van der Waals surface area (Å²) in [6, 6.07) is 3.10. The molecule has 5 heteroatoms. The quantitative estimate of drug-likeness (QED) is 0.837. The van der Waals surface area contributed by atoms with E-state index in [9.17, 15) is 4.79 Å². The predicted molar refractivity (Wildman–Crippen MR) is 85.6 cm³/mol. The molecule has 0 saturated heterocycles. The maximum Gasteiger partial charge on any atom is 0.252 e. The smallest absolute Gasteiger partial charge is 0.252 e. The number of halogens is 1. The Morgan fingerprint density at radius 2 is 2.05 bits per heavy atom. The molecule has 2 atom stereocenters. The topological polar surface area (TPSA) is 78.3 Å². The summed E-state index contributed by atoms with van der Waals surface area (Å²) < 4.78 is 6.05. The van der Waals surface area contributed by atoms with Gasteiger partial charge in [-0.05, 0) is 42.7 Å². The number of amides is 1. The molecule has 1 saturated carbocycles. The van der Waals surface area contributed by atoms with Crippen molar-refractivity contribution in [2.45, 2.75) is 46.1 Å². The first-order valence-electron chi connectivity index (χ1n) is 7.23. The zero-order valence-electron chi connectivity index (χ0n) is 12.8. The average molecular weight is 311 g/mol. The van der Waals surface area contributed by atoms with Gasteiger partial charge in [0.25, 0.3) is 5.91 Å². The van der Waals surface area contributed by atoms with Gasteiger partial charge in [0, 0.05) is 5.69 Å². The van der Waals surface area contributed by atoms with Crippen molar-refractivity contribution in [2.75, 3.05) is 5.73 Å². The average Bonchev–Trinajstić information content (AvgIpc) is 2.29. The Morgan fingerprint density at radius 1 is 1.38 bits per heavy atom. The van der Waals surface area contributed by atoms with Crippen LogP contribution in [-0.4, -0.2) is 12.0 Å². The first-order valence-corrected chi connectivity index (χ1v) is 7.61. The Bertz CT molecular complexity index is 557. The molecule has 1 aliphatic rings. The van der Waals surface area contributed by atoms with E-state index in [1.165, 1.54) is 12.5 Å². The number of anilines is 1. The van der Waals surface area contributed by atoms with Crippen LogP contribution in [0, 0.1) is 11.3 Å². The van der Waals surface area contributed by atoms with Gasteiger partial charge >= 0.3 is 0 Å². The highest BCUT2D eigenvalue weighted by Crippen LogP contribution is 2.41. The number of carbonyl (C=O) groups is 1. The molecule has 21 heavy (non-hydrogen) atoms. The lowest BCUT2D eigenvalue weighted by Crippen LogP contribution is -2.34. The molecule has 0 radical (unpaired) electrons. The lowest BCUT2D eigenvalue weighted by molar-refractivity contribution is 0.0555. The number of carbonyl (C=O) groups excluding carboxylic acids is 1. The van der Waals surface area contributed by atoms with E-state index in [1.807, 2.05) is 0 Å². The molecule has 116 valence electrons. The van der Waals surface area contributed by atoms with Gasteiger partial charge in [-0.2, -0.15) is 0 Å². The van der Waals surface area contributed by atoms with Crippen molar-refractivity contribution in [3.63, 3.8) is 0 Å². The highest BCUT2D eigenvalue weighted by atomic mass is 35.5. The summed E-state index contributed by atoms with van der Waals surface area (Å²) in [6.07, 6.45) is 3.08. The maximum atomic E-state index is 11.6. The van der Waals surface area contributed by atoms with Gasteiger partial charge < -0.3 is 16.2 Å². The van der Waals surface area contributed by atoms with E-state index in [-0.39, 0.29) is 17.1 Å². The maximum absolute atomic E-state index is 11.6. The Labute approximate surface area is 130 Å². The van der Waals surface area contributed by atoms with Gasteiger partial charge in [-0.15, -0.1) is 0 Å². The molecule has 1 aromatic rings. The second kappa shape index (κ2) is 5.76. The fourth-order valence-corrected chi connectivity index (χ4v) is 3.70. The minimum absolute atomic E-state index is 0.0305.